The lowest BCUT2D eigenvalue weighted by Gasteiger charge is -2.23. The number of ether oxygens (including phenoxy) is 1. The summed E-state index contributed by atoms with van der Waals surface area (Å²) in [5.74, 6) is -0.520. The van der Waals surface area contributed by atoms with Crippen molar-refractivity contribution in [1.29, 1.82) is 0 Å². The first-order valence-corrected chi connectivity index (χ1v) is 11.1. The standard InChI is InChI=1S/C21H18F2N4O5S/c22-21(23)32-16-6-8-17(9-7-16)33(30,31)27-11-15-10-26(12-18(15)25-27)20(29)19(24-13-28)14-4-2-1-3-5-14/h1-9,11,13,19,21H,10,12H2,(H,24,28). The molecule has 3 aromatic rings. The summed E-state index contributed by atoms with van der Waals surface area (Å²) in [4.78, 5) is 25.3. The van der Waals surface area contributed by atoms with E-state index >= 15 is 0 Å². The molecule has 4 rings (SSSR count). The quantitative estimate of drug-likeness (QED) is 0.499. The molecule has 1 aliphatic heterocycles. The van der Waals surface area contributed by atoms with Crippen LogP contribution in [0.5, 0.6) is 5.75 Å². The van der Waals surface area contributed by atoms with Gasteiger partial charge in [0, 0.05) is 18.3 Å². The Hall–Kier alpha value is -3.80. The average Bonchev–Trinajstić information content (AvgIpc) is 3.38. The molecule has 0 saturated carbocycles. The lowest BCUT2D eigenvalue weighted by Crippen LogP contribution is -2.38. The van der Waals surface area contributed by atoms with Crippen LogP contribution in [-0.2, 0) is 32.7 Å². The summed E-state index contributed by atoms with van der Waals surface area (Å²) in [6.45, 7) is -2.83. The second kappa shape index (κ2) is 8.98. The number of hydrogen-bond acceptors (Lipinski definition) is 6. The molecule has 2 aromatic carbocycles. The minimum atomic E-state index is -4.07. The Morgan fingerprint density at radius 1 is 1.09 bits per heavy atom. The fraction of sp³-hybridized carbons (Fsp3) is 0.190. The summed E-state index contributed by atoms with van der Waals surface area (Å²) in [6, 6.07) is 12.4. The Labute approximate surface area is 187 Å². The van der Waals surface area contributed by atoms with E-state index in [4.69, 9.17) is 0 Å². The summed E-state index contributed by atoms with van der Waals surface area (Å²) in [6.07, 6.45) is 1.77. The van der Waals surface area contributed by atoms with Crippen molar-refractivity contribution in [3.8, 4) is 5.75 Å². The van der Waals surface area contributed by atoms with Crippen LogP contribution in [0.4, 0.5) is 8.78 Å². The van der Waals surface area contributed by atoms with Gasteiger partial charge in [0.05, 0.1) is 17.1 Å². The van der Waals surface area contributed by atoms with Crippen LogP contribution in [0.1, 0.15) is 22.9 Å². The number of nitrogens with zero attached hydrogens (tertiary/aromatic N) is 3. The fourth-order valence-corrected chi connectivity index (χ4v) is 4.68. The second-order valence-electron chi connectivity index (χ2n) is 7.15. The van der Waals surface area contributed by atoms with Crippen LogP contribution < -0.4 is 10.1 Å². The van der Waals surface area contributed by atoms with Crippen molar-refractivity contribution in [1.82, 2.24) is 19.4 Å². The van der Waals surface area contributed by atoms with Gasteiger partial charge in [-0.3, -0.25) is 9.59 Å². The highest BCUT2D eigenvalue weighted by Gasteiger charge is 2.33. The lowest BCUT2D eigenvalue weighted by atomic mass is 10.1. The molecule has 172 valence electrons. The largest absolute Gasteiger partial charge is 0.435 e. The van der Waals surface area contributed by atoms with E-state index in [1.807, 2.05) is 0 Å². The molecule has 1 aromatic heterocycles. The van der Waals surface area contributed by atoms with Gasteiger partial charge in [-0.1, -0.05) is 30.3 Å². The molecule has 2 amide bonds. The average molecular weight is 476 g/mol. The molecule has 0 fully saturated rings. The van der Waals surface area contributed by atoms with Gasteiger partial charge in [-0.05, 0) is 29.8 Å². The monoisotopic (exact) mass is 476 g/mol. The molecule has 0 aliphatic carbocycles. The maximum atomic E-state index is 13.0. The smallest absolute Gasteiger partial charge is 0.387 e. The summed E-state index contributed by atoms with van der Waals surface area (Å²) in [7, 11) is -4.07. The number of halogens is 2. The summed E-state index contributed by atoms with van der Waals surface area (Å²) < 4.78 is 55.3. The van der Waals surface area contributed by atoms with Crippen molar-refractivity contribution >= 4 is 22.3 Å². The van der Waals surface area contributed by atoms with Gasteiger partial charge >= 0.3 is 6.61 Å². The van der Waals surface area contributed by atoms with Crippen LogP contribution in [0.15, 0.2) is 65.7 Å². The number of nitrogens with one attached hydrogen (secondary N) is 1. The zero-order valence-electron chi connectivity index (χ0n) is 17.0. The zero-order valence-corrected chi connectivity index (χ0v) is 17.8. The van der Waals surface area contributed by atoms with E-state index in [9.17, 15) is 26.8 Å². The van der Waals surface area contributed by atoms with Gasteiger partial charge in [-0.2, -0.15) is 26.4 Å². The van der Waals surface area contributed by atoms with Crippen LogP contribution in [0.3, 0.4) is 0 Å². The highest BCUT2D eigenvalue weighted by atomic mass is 32.2. The van der Waals surface area contributed by atoms with Gasteiger partial charge in [0.25, 0.3) is 10.0 Å². The maximum Gasteiger partial charge on any atom is 0.387 e. The van der Waals surface area contributed by atoms with E-state index in [1.54, 1.807) is 30.3 Å². The first-order valence-electron chi connectivity index (χ1n) is 9.71. The number of carbonyl (C=O) groups excluding carboxylic acids is 2. The Balaban J connectivity index is 1.51. The molecule has 1 atom stereocenters. The number of carbonyl (C=O) groups is 2. The Morgan fingerprint density at radius 3 is 2.39 bits per heavy atom. The third-order valence-electron chi connectivity index (χ3n) is 5.08. The topological polar surface area (TPSA) is 111 Å². The number of rotatable bonds is 8. The highest BCUT2D eigenvalue weighted by Crippen LogP contribution is 2.27. The van der Waals surface area contributed by atoms with Crippen LogP contribution in [0.2, 0.25) is 0 Å². The fourth-order valence-electron chi connectivity index (χ4n) is 3.51. The highest BCUT2D eigenvalue weighted by molar-refractivity contribution is 7.89. The molecular weight excluding hydrogens is 458 g/mol. The van der Waals surface area contributed by atoms with E-state index in [0.717, 1.165) is 28.4 Å². The number of aromatic nitrogens is 2. The van der Waals surface area contributed by atoms with Crippen LogP contribution >= 0.6 is 0 Å². The summed E-state index contributed by atoms with van der Waals surface area (Å²) in [5, 5.41) is 6.63. The third kappa shape index (κ3) is 4.55. The third-order valence-corrected chi connectivity index (χ3v) is 6.62. The first kappa shape index (κ1) is 22.4. The zero-order chi connectivity index (χ0) is 23.6. The van der Waals surface area contributed by atoms with E-state index < -0.39 is 22.7 Å². The Kier molecular flexibility index (Phi) is 6.09. The van der Waals surface area contributed by atoms with Gasteiger partial charge in [-0.15, -0.1) is 0 Å². The SMILES string of the molecule is O=CNC(C(=O)N1Cc2cn(S(=O)(=O)c3ccc(OC(F)F)cc3)nc2C1)c1ccccc1. The molecule has 1 N–H and O–H groups in total. The number of alkyl halides is 2. The van der Waals surface area contributed by atoms with E-state index in [1.165, 1.54) is 11.1 Å². The van der Waals surface area contributed by atoms with Crippen molar-refractivity contribution < 1.29 is 31.5 Å². The Bertz CT molecular complexity index is 1240. The van der Waals surface area contributed by atoms with Gasteiger partial charge in [0.15, 0.2) is 0 Å². The first-order chi connectivity index (χ1) is 15.8. The number of amides is 2. The lowest BCUT2D eigenvalue weighted by molar-refractivity contribution is -0.135. The van der Waals surface area contributed by atoms with Gasteiger partial charge in [0.1, 0.15) is 11.8 Å². The molecule has 0 saturated heterocycles. The van der Waals surface area contributed by atoms with Crippen LogP contribution in [-0.4, -0.2) is 41.4 Å². The molecule has 9 nitrogen and oxygen atoms in total. The second-order valence-corrected chi connectivity index (χ2v) is 8.95. The minimum Gasteiger partial charge on any atom is -0.435 e. The summed E-state index contributed by atoms with van der Waals surface area (Å²) in [5.41, 5.74) is 1.57. The van der Waals surface area contributed by atoms with Gasteiger partial charge in [0.2, 0.25) is 12.3 Å². The molecule has 0 spiro atoms. The number of hydrogen-bond donors (Lipinski definition) is 1. The van der Waals surface area contributed by atoms with E-state index in [2.05, 4.69) is 15.2 Å². The van der Waals surface area contributed by atoms with Gasteiger partial charge in [-0.25, -0.2) is 0 Å². The molecule has 1 aliphatic rings. The molecule has 1 unspecified atom stereocenters. The molecule has 12 heteroatoms. The number of fused-ring (bicyclic) bond motifs is 1. The molecular formula is C21H18F2N4O5S. The van der Waals surface area contributed by atoms with Crippen LogP contribution in [0, 0.1) is 0 Å². The minimum absolute atomic E-state index is 0.0712. The van der Waals surface area contributed by atoms with Crippen molar-refractivity contribution in [3.63, 3.8) is 0 Å². The van der Waals surface area contributed by atoms with Crippen molar-refractivity contribution in [2.45, 2.75) is 30.6 Å². The molecule has 0 radical (unpaired) electrons. The van der Waals surface area contributed by atoms with E-state index in [-0.39, 0.29) is 29.6 Å². The molecule has 33 heavy (non-hydrogen) atoms. The van der Waals surface area contributed by atoms with Crippen molar-refractivity contribution in [2.24, 2.45) is 0 Å². The van der Waals surface area contributed by atoms with E-state index in [0.29, 0.717) is 23.2 Å². The van der Waals surface area contributed by atoms with Crippen molar-refractivity contribution in [3.05, 3.63) is 77.6 Å². The van der Waals surface area contributed by atoms with Crippen LogP contribution in [0.25, 0.3) is 0 Å². The number of benzene rings is 2. The Morgan fingerprint density at radius 2 is 1.79 bits per heavy atom. The normalized spacial score (nSPS) is 14.1. The predicted octanol–water partition coefficient (Wildman–Crippen LogP) is 2.05. The summed E-state index contributed by atoms with van der Waals surface area (Å²) >= 11 is 0. The van der Waals surface area contributed by atoms with Gasteiger partial charge < -0.3 is 15.0 Å². The molecule has 0 bridgehead atoms. The predicted molar refractivity (Wildman–Crippen MR) is 111 cm³/mol. The molecule has 2 heterocycles. The maximum absolute atomic E-state index is 13.0. The van der Waals surface area contributed by atoms with Crippen molar-refractivity contribution in [2.75, 3.05) is 0 Å².